The van der Waals surface area contributed by atoms with Crippen LogP contribution in [0.3, 0.4) is 0 Å². The summed E-state index contributed by atoms with van der Waals surface area (Å²) < 4.78 is 7.41. The standard InChI is InChI=1S/C22H33N5O3/c1-24-12-16(11-23-24)13-25-14-17-10-18(15-25)21(27-19(17)4-2-5-20(27)28)22(29)26-6-3-8-30-9-7-26/h11-12,17-19,21H,2-10,13-15H2,1H3/t17-,18+,19-,21+/m0/s1. The molecule has 0 radical (unpaired) electrons. The molecule has 5 heterocycles. The van der Waals surface area contributed by atoms with Crippen molar-refractivity contribution in [2.45, 2.75) is 50.7 Å². The molecule has 4 fully saturated rings. The fourth-order valence-electron chi connectivity index (χ4n) is 6.17. The van der Waals surface area contributed by atoms with Crippen LogP contribution in [0.5, 0.6) is 0 Å². The molecule has 2 amide bonds. The van der Waals surface area contributed by atoms with Gasteiger partial charge >= 0.3 is 0 Å². The Hall–Kier alpha value is -1.93. The lowest BCUT2D eigenvalue weighted by Crippen LogP contribution is -2.68. The second-order valence-electron chi connectivity index (χ2n) is 9.47. The number of rotatable bonds is 3. The number of nitrogens with zero attached hydrogens (tertiary/aromatic N) is 5. The van der Waals surface area contributed by atoms with Gasteiger partial charge in [-0.05, 0) is 31.6 Å². The summed E-state index contributed by atoms with van der Waals surface area (Å²) in [6, 6.07) is -0.106. The third-order valence-corrected chi connectivity index (χ3v) is 7.37. The minimum absolute atomic E-state index is 0.146. The lowest BCUT2D eigenvalue weighted by Gasteiger charge is -2.56. The van der Waals surface area contributed by atoms with E-state index in [1.54, 1.807) is 0 Å². The van der Waals surface area contributed by atoms with Crippen LogP contribution in [0, 0.1) is 11.8 Å². The first-order valence-electron chi connectivity index (χ1n) is 11.5. The number of hydrogen-bond acceptors (Lipinski definition) is 5. The van der Waals surface area contributed by atoms with Crippen LogP contribution in [0.1, 0.15) is 37.7 Å². The van der Waals surface area contributed by atoms with Crippen LogP contribution in [0.15, 0.2) is 12.4 Å². The number of ether oxygens (including phenoxy) is 1. The quantitative estimate of drug-likeness (QED) is 0.733. The number of hydrogen-bond donors (Lipinski definition) is 0. The average Bonchev–Trinajstić information content (AvgIpc) is 2.97. The van der Waals surface area contributed by atoms with Gasteiger partial charge in [0.2, 0.25) is 11.8 Å². The van der Waals surface area contributed by atoms with Crippen molar-refractivity contribution < 1.29 is 14.3 Å². The molecule has 0 spiro atoms. The zero-order chi connectivity index (χ0) is 20.7. The Morgan fingerprint density at radius 2 is 2.07 bits per heavy atom. The molecule has 8 heteroatoms. The minimum Gasteiger partial charge on any atom is -0.380 e. The van der Waals surface area contributed by atoms with Gasteiger partial charge in [0, 0.05) is 76.5 Å². The van der Waals surface area contributed by atoms with Crippen molar-refractivity contribution in [2.75, 3.05) is 39.4 Å². The van der Waals surface area contributed by atoms with Crippen LogP contribution in [0.4, 0.5) is 0 Å². The summed E-state index contributed by atoms with van der Waals surface area (Å²) in [4.78, 5) is 33.2. The molecular weight excluding hydrogens is 382 g/mol. The van der Waals surface area contributed by atoms with Crippen LogP contribution < -0.4 is 0 Å². The monoisotopic (exact) mass is 415 g/mol. The zero-order valence-electron chi connectivity index (χ0n) is 17.9. The Balaban J connectivity index is 1.40. The summed E-state index contributed by atoms with van der Waals surface area (Å²) >= 11 is 0. The molecule has 164 valence electrons. The van der Waals surface area contributed by atoms with Crippen molar-refractivity contribution in [1.29, 1.82) is 0 Å². The number of aryl methyl sites for hydroxylation is 1. The lowest BCUT2D eigenvalue weighted by atomic mass is 9.71. The summed E-state index contributed by atoms with van der Waals surface area (Å²) in [6.07, 6.45) is 8.48. The van der Waals surface area contributed by atoms with Gasteiger partial charge in [0.1, 0.15) is 6.04 Å². The molecule has 4 aliphatic rings. The van der Waals surface area contributed by atoms with Crippen molar-refractivity contribution in [3.05, 3.63) is 18.0 Å². The smallest absolute Gasteiger partial charge is 0.245 e. The molecule has 4 saturated heterocycles. The topological polar surface area (TPSA) is 70.9 Å². The van der Waals surface area contributed by atoms with Gasteiger partial charge in [-0.2, -0.15) is 5.10 Å². The second kappa shape index (κ2) is 8.30. The SMILES string of the molecule is Cn1cc(CN2C[C@@H]3C[C@H](C2)[C@H](C(=O)N2CCCOCC2)N2C(=O)CCC[C@@H]32)cn1. The van der Waals surface area contributed by atoms with Crippen molar-refractivity contribution in [3.63, 3.8) is 0 Å². The highest BCUT2D eigenvalue weighted by Gasteiger charge is 2.52. The Bertz CT molecular complexity index is 787. The van der Waals surface area contributed by atoms with Crippen molar-refractivity contribution in [2.24, 2.45) is 18.9 Å². The largest absolute Gasteiger partial charge is 0.380 e. The average molecular weight is 416 g/mol. The summed E-state index contributed by atoms with van der Waals surface area (Å²) in [5, 5.41) is 4.31. The molecular formula is C22H33N5O3. The number of carbonyl (C=O) groups excluding carboxylic acids is 2. The van der Waals surface area contributed by atoms with E-state index >= 15 is 0 Å². The highest BCUT2D eigenvalue weighted by molar-refractivity contribution is 5.89. The maximum Gasteiger partial charge on any atom is 0.245 e. The maximum atomic E-state index is 13.7. The fraction of sp³-hybridized carbons (Fsp3) is 0.773. The molecule has 1 aromatic rings. The Morgan fingerprint density at radius 1 is 1.20 bits per heavy atom. The number of amides is 2. The highest BCUT2D eigenvalue weighted by atomic mass is 16.5. The molecule has 0 unspecified atom stereocenters. The van der Waals surface area contributed by atoms with Gasteiger partial charge in [0.15, 0.2) is 0 Å². The van der Waals surface area contributed by atoms with Gasteiger partial charge in [-0.25, -0.2) is 0 Å². The van der Waals surface area contributed by atoms with E-state index in [0.717, 1.165) is 51.9 Å². The van der Waals surface area contributed by atoms with Gasteiger partial charge < -0.3 is 14.5 Å². The van der Waals surface area contributed by atoms with E-state index in [0.29, 0.717) is 32.1 Å². The molecule has 4 atom stereocenters. The molecule has 0 aromatic carbocycles. The van der Waals surface area contributed by atoms with E-state index in [2.05, 4.69) is 16.2 Å². The molecule has 0 N–H and O–H groups in total. The van der Waals surface area contributed by atoms with Crippen molar-refractivity contribution in [3.8, 4) is 0 Å². The molecule has 0 saturated carbocycles. The minimum atomic E-state index is -0.311. The molecule has 5 rings (SSSR count). The van der Waals surface area contributed by atoms with Crippen LogP contribution in [0.2, 0.25) is 0 Å². The van der Waals surface area contributed by atoms with E-state index in [4.69, 9.17) is 4.74 Å². The third kappa shape index (κ3) is 3.75. The zero-order valence-corrected chi connectivity index (χ0v) is 17.9. The molecule has 8 nitrogen and oxygen atoms in total. The number of aromatic nitrogens is 2. The van der Waals surface area contributed by atoms with Crippen molar-refractivity contribution in [1.82, 2.24) is 24.5 Å². The van der Waals surface area contributed by atoms with E-state index < -0.39 is 0 Å². The van der Waals surface area contributed by atoms with E-state index in [1.165, 1.54) is 5.56 Å². The predicted molar refractivity (Wildman–Crippen MR) is 110 cm³/mol. The summed E-state index contributed by atoms with van der Waals surface area (Å²) in [5.41, 5.74) is 1.21. The number of piperidine rings is 3. The molecule has 2 bridgehead atoms. The van der Waals surface area contributed by atoms with Gasteiger partial charge in [0.25, 0.3) is 0 Å². The second-order valence-corrected chi connectivity index (χ2v) is 9.47. The number of likely N-dealkylation sites (tertiary alicyclic amines) is 1. The Kier molecular flexibility index (Phi) is 5.54. The van der Waals surface area contributed by atoms with Crippen LogP contribution >= 0.6 is 0 Å². The van der Waals surface area contributed by atoms with Gasteiger partial charge in [-0.3, -0.25) is 19.2 Å². The summed E-state index contributed by atoms with van der Waals surface area (Å²) in [5.74, 6) is 0.995. The Labute approximate surface area is 178 Å². The van der Waals surface area contributed by atoms with Crippen LogP contribution in [0.25, 0.3) is 0 Å². The Morgan fingerprint density at radius 3 is 2.90 bits per heavy atom. The fourth-order valence-corrected chi connectivity index (χ4v) is 6.17. The van der Waals surface area contributed by atoms with E-state index in [9.17, 15) is 9.59 Å². The molecule has 30 heavy (non-hydrogen) atoms. The van der Waals surface area contributed by atoms with Crippen LogP contribution in [-0.2, 0) is 27.9 Å². The van der Waals surface area contributed by atoms with Gasteiger partial charge in [-0.1, -0.05) is 0 Å². The highest BCUT2D eigenvalue weighted by Crippen LogP contribution is 2.42. The number of fused-ring (bicyclic) bond motifs is 4. The van der Waals surface area contributed by atoms with E-state index in [1.807, 2.05) is 27.7 Å². The third-order valence-electron chi connectivity index (χ3n) is 7.37. The molecule has 4 aliphatic heterocycles. The summed E-state index contributed by atoms with van der Waals surface area (Å²) in [7, 11) is 1.94. The summed E-state index contributed by atoms with van der Waals surface area (Å²) in [6.45, 7) is 5.40. The lowest BCUT2D eigenvalue weighted by molar-refractivity contribution is -0.165. The molecule has 0 aliphatic carbocycles. The normalized spacial score (nSPS) is 32.6. The van der Waals surface area contributed by atoms with E-state index in [-0.39, 0.29) is 29.8 Å². The maximum absolute atomic E-state index is 13.7. The molecule has 1 aromatic heterocycles. The van der Waals surface area contributed by atoms with Crippen LogP contribution in [-0.4, -0.2) is 87.8 Å². The van der Waals surface area contributed by atoms with Gasteiger partial charge in [-0.15, -0.1) is 0 Å². The first-order valence-corrected chi connectivity index (χ1v) is 11.5. The number of carbonyl (C=O) groups is 2. The van der Waals surface area contributed by atoms with Gasteiger partial charge in [0.05, 0.1) is 12.8 Å². The van der Waals surface area contributed by atoms with Crippen molar-refractivity contribution >= 4 is 11.8 Å². The first-order chi connectivity index (χ1) is 14.6. The predicted octanol–water partition coefficient (Wildman–Crippen LogP) is 0.870. The first kappa shape index (κ1) is 20.0.